The summed E-state index contributed by atoms with van der Waals surface area (Å²) in [5, 5.41) is 5.13. The van der Waals surface area contributed by atoms with Crippen LogP contribution < -0.4 is 4.90 Å². The highest BCUT2D eigenvalue weighted by Crippen LogP contribution is 2.30. The van der Waals surface area contributed by atoms with Crippen LogP contribution >= 0.6 is 0 Å². The fourth-order valence-electron chi connectivity index (χ4n) is 3.19. The van der Waals surface area contributed by atoms with E-state index in [0.717, 1.165) is 30.8 Å². The maximum absolute atomic E-state index is 11.5. The zero-order valence-electron chi connectivity index (χ0n) is 14.0. The summed E-state index contributed by atoms with van der Waals surface area (Å²) >= 11 is 0. The summed E-state index contributed by atoms with van der Waals surface area (Å²) in [6.07, 6.45) is 3.25. The van der Waals surface area contributed by atoms with Gasteiger partial charge in [0.25, 0.3) is 0 Å². The van der Waals surface area contributed by atoms with Crippen molar-refractivity contribution < 1.29 is 9.53 Å². The van der Waals surface area contributed by atoms with Crippen LogP contribution in [0.2, 0.25) is 0 Å². The number of carbonyl (C=O) groups is 1. The van der Waals surface area contributed by atoms with Gasteiger partial charge in [0.1, 0.15) is 18.7 Å². The number of carbonyl (C=O) groups excluding carboxylic acids is 1. The van der Waals surface area contributed by atoms with Crippen molar-refractivity contribution >= 4 is 22.8 Å². The molecule has 0 radical (unpaired) electrons. The SMILES string of the molecule is COC(=O)Cn1ncc2c(N3CCN(C)CC3(C)C)ncnc21. The molecule has 1 aliphatic rings. The normalized spacial score (nSPS) is 18.3. The molecule has 0 N–H and O–H groups in total. The summed E-state index contributed by atoms with van der Waals surface area (Å²) in [5.74, 6) is 0.513. The summed E-state index contributed by atoms with van der Waals surface area (Å²) in [5.41, 5.74) is 0.605. The Labute approximate surface area is 135 Å². The smallest absolute Gasteiger partial charge is 0.327 e. The molecule has 23 heavy (non-hydrogen) atoms. The quantitative estimate of drug-likeness (QED) is 0.764. The van der Waals surface area contributed by atoms with Crippen LogP contribution in [0.5, 0.6) is 0 Å². The van der Waals surface area contributed by atoms with E-state index in [-0.39, 0.29) is 18.1 Å². The van der Waals surface area contributed by atoms with Crippen LogP contribution in [0.15, 0.2) is 12.5 Å². The first-order chi connectivity index (χ1) is 10.9. The molecule has 1 aliphatic heterocycles. The van der Waals surface area contributed by atoms with Crippen LogP contribution in [-0.4, -0.2) is 69.9 Å². The van der Waals surface area contributed by atoms with Crippen molar-refractivity contribution in [3.63, 3.8) is 0 Å². The van der Waals surface area contributed by atoms with Crippen LogP contribution in [0.1, 0.15) is 13.8 Å². The lowest BCUT2D eigenvalue weighted by molar-refractivity contribution is -0.141. The number of aromatic nitrogens is 4. The molecule has 3 rings (SSSR count). The van der Waals surface area contributed by atoms with Crippen molar-refractivity contribution in [2.45, 2.75) is 25.9 Å². The summed E-state index contributed by atoms with van der Waals surface area (Å²) in [6.45, 7) is 7.27. The number of rotatable bonds is 3. The Morgan fingerprint density at radius 1 is 1.35 bits per heavy atom. The van der Waals surface area contributed by atoms with Crippen molar-refractivity contribution in [2.75, 3.05) is 38.7 Å². The van der Waals surface area contributed by atoms with Crippen molar-refractivity contribution in [1.82, 2.24) is 24.6 Å². The molecule has 0 atom stereocenters. The van der Waals surface area contributed by atoms with E-state index < -0.39 is 0 Å². The van der Waals surface area contributed by atoms with Gasteiger partial charge in [-0.3, -0.25) is 4.79 Å². The predicted octanol–water partition coefficient (Wildman–Crippen LogP) is 0.530. The third kappa shape index (κ3) is 2.86. The minimum absolute atomic E-state index is 0.0429. The van der Waals surface area contributed by atoms with E-state index in [2.05, 4.69) is 45.8 Å². The molecule has 0 spiro atoms. The van der Waals surface area contributed by atoms with E-state index in [1.54, 1.807) is 10.9 Å². The van der Waals surface area contributed by atoms with Crippen LogP contribution in [0.25, 0.3) is 11.0 Å². The van der Waals surface area contributed by atoms with Gasteiger partial charge in [0, 0.05) is 25.2 Å². The number of fused-ring (bicyclic) bond motifs is 1. The molecule has 2 aromatic rings. The van der Waals surface area contributed by atoms with E-state index in [1.807, 2.05) is 0 Å². The van der Waals surface area contributed by atoms with E-state index in [0.29, 0.717) is 5.65 Å². The van der Waals surface area contributed by atoms with Gasteiger partial charge >= 0.3 is 5.97 Å². The second-order valence-electron chi connectivity index (χ2n) is 6.51. The van der Waals surface area contributed by atoms with Gasteiger partial charge in [-0.25, -0.2) is 14.6 Å². The number of methoxy groups -OCH3 is 1. The van der Waals surface area contributed by atoms with Crippen molar-refractivity contribution in [1.29, 1.82) is 0 Å². The lowest BCUT2D eigenvalue weighted by Crippen LogP contribution is -2.58. The maximum atomic E-state index is 11.5. The van der Waals surface area contributed by atoms with Crippen LogP contribution in [0.4, 0.5) is 5.82 Å². The molecule has 124 valence electrons. The lowest BCUT2D eigenvalue weighted by atomic mass is 9.99. The highest BCUT2D eigenvalue weighted by atomic mass is 16.5. The number of likely N-dealkylation sites (N-methyl/N-ethyl adjacent to an activating group) is 1. The molecule has 0 unspecified atom stereocenters. The van der Waals surface area contributed by atoms with Crippen LogP contribution in [0.3, 0.4) is 0 Å². The molecule has 1 fully saturated rings. The molecule has 0 aliphatic carbocycles. The van der Waals surface area contributed by atoms with E-state index in [9.17, 15) is 4.79 Å². The summed E-state index contributed by atoms with van der Waals surface area (Å²) in [6, 6.07) is 0. The second-order valence-corrected chi connectivity index (χ2v) is 6.51. The number of esters is 1. The maximum Gasteiger partial charge on any atom is 0.327 e. The molecule has 0 amide bonds. The Morgan fingerprint density at radius 2 is 2.13 bits per heavy atom. The van der Waals surface area contributed by atoms with Gasteiger partial charge < -0.3 is 14.5 Å². The van der Waals surface area contributed by atoms with Gasteiger partial charge in [-0.05, 0) is 20.9 Å². The third-order valence-electron chi connectivity index (χ3n) is 4.27. The number of anilines is 1. The van der Waals surface area contributed by atoms with Gasteiger partial charge in [-0.1, -0.05) is 0 Å². The average Bonchev–Trinajstić information content (AvgIpc) is 2.89. The minimum Gasteiger partial charge on any atom is -0.468 e. The number of hydrogen-bond acceptors (Lipinski definition) is 7. The third-order valence-corrected chi connectivity index (χ3v) is 4.27. The molecular weight excluding hydrogens is 296 g/mol. The Bertz CT molecular complexity index is 726. The summed E-state index contributed by atoms with van der Waals surface area (Å²) in [7, 11) is 3.49. The zero-order chi connectivity index (χ0) is 16.6. The van der Waals surface area contributed by atoms with Gasteiger partial charge in [0.2, 0.25) is 0 Å². The van der Waals surface area contributed by atoms with Gasteiger partial charge in [0.05, 0.1) is 18.7 Å². The monoisotopic (exact) mass is 318 g/mol. The standard InChI is InChI=1S/C15H22N6O2/c1-15(2)9-19(3)5-6-20(15)13-11-7-18-21(8-12(22)23-4)14(11)17-10-16-13/h7,10H,5-6,8-9H2,1-4H3. The van der Waals surface area contributed by atoms with E-state index in [1.165, 1.54) is 13.4 Å². The first kappa shape index (κ1) is 15.7. The predicted molar refractivity (Wildman–Crippen MR) is 86.3 cm³/mol. The second kappa shape index (κ2) is 5.77. The van der Waals surface area contributed by atoms with Crippen molar-refractivity contribution in [3.8, 4) is 0 Å². The highest BCUT2D eigenvalue weighted by molar-refractivity contribution is 5.87. The summed E-state index contributed by atoms with van der Waals surface area (Å²) < 4.78 is 6.26. The first-order valence-electron chi connectivity index (χ1n) is 7.62. The van der Waals surface area contributed by atoms with Crippen LogP contribution in [0, 0.1) is 0 Å². The van der Waals surface area contributed by atoms with Crippen molar-refractivity contribution in [2.24, 2.45) is 0 Å². The Kier molecular flexibility index (Phi) is 3.93. The fraction of sp³-hybridized carbons (Fsp3) is 0.600. The molecule has 8 heteroatoms. The van der Waals surface area contributed by atoms with Gasteiger partial charge in [-0.15, -0.1) is 0 Å². The number of nitrogens with zero attached hydrogens (tertiary/aromatic N) is 6. The minimum atomic E-state index is -0.352. The first-order valence-corrected chi connectivity index (χ1v) is 7.62. The number of ether oxygens (including phenoxy) is 1. The largest absolute Gasteiger partial charge is 0.468 e. The highest BCUT2D eigenvalue weighted by Gasteiger charge is 2.34. The molecule has 2 aromatic heterocycles. The Balaban J connectivity index is 2.00. The van der Waals surface area contributed by atoms with Gasteiger partial charge in [-0.2, -0.15) is 5.10 Å². The van der Waals surface area contributed by atoms with E-state index >= 15 is 0 Å². The van der Waals surface area contributed by atoms with Crippen LogP contribution in [-0.2, 0) is 16.1 Å². The average molecular weight is 318 g/mol. The molecular formula is C15H22N6O2. The van der Waals surface area contributed by atoms with E-state index in [4.69, 9.17) is 4.74 Å². The molecule has 8 nitrogen and oxygen atoms in total. The molecule has 1 saturated heterocycles. The summed E-state index contributed by atoms with van der Waals surface area (Å²) in [4.78, 5) is 24.9. The molecule has 0 saturated carbocycles. The van der Waals surface area contributed by atoms with Crippen molar-refractivity contribution in [3.05, 3.63) is 12.5 Å². The Hall–Kier alpha value is -2.22. The topological polar surface area (TPSA) is 76.4 Å². The molecule has 3 heterocycles. The fourth-order valence-corrected chi connectivity index (χ4v) is 3.19. The number of hydrogen-bond donors (Lipinski definition) is 0. The van der Waals surface area contributed by atoms with Gasteiger partial charge in [0.15, 0.2) is 5.65 Å². The zero-order valence-corrected chi connectivity index (χ0v) is 14.0. The number of piperazine rings is 1. The lowest BCUT2D eigenvalue weighted by Gasteiger charge is -2.46. The molecule has 0 aromatic carbocycles. The Morgan fingerprint density at radius 3 is 2.83 bits per heavy atom. The molecule has 0 bridgehead atoms.